The van der Waals surface area contributed by atoms with Crippen molar-refractivity contribution in [2.45, 2.75) is 19.3 Å². The topological polar surface area (TPSA) is 37.3 Å². The second kappa shape index (κ2) is 3.86. The molecule has 1 heterocycles. The number of aliphatic carboxylic acids is 1. The molecule has 58 valence electrons. The molecule has 1 aliphatic heterocycles. The Hall–Kier alpha value is -0.180. The lowest BCUT2D eigenvalue weighted by Crippen LogP contribution is -2.17. The van der Waals surface area contributed by atoms with Gasteiger partial charge in [-0.3, -0.25) is 4.79 Å². The van der Waals surface area contributed by atoms with Gasteiger partial charge in [-0.25, -0.2) is 0 Å². The van der Waals surface area contributed by atoms with Crippen LogP contribution in [0.1, 0.15) is 19.3 Å². The lowest BCUT2D eigenvalue weighted by Gasteiger charge is -2.24. The van der Waals surface area contributed by atoms with Crippen molar-refractivity contribution in [1.29, 1.82) is 0 Å². The maximum absolute atomic E-state index is 10.1. The van der Waals surface area contributed by atoms with E-state index in [0.29, 0.717) is 6.42 Å². The number of hydrogen-bond acceptors (Lipinski definition) is 2. The summed E-state index contributed by atoms with van der Waals surface area (Å²) in [7, 11) is 0. The van der Waals surface area contributed by atoms with Crippen molar-refractivity contribution in [2.75, 3.05) is 11.5 Å². The fraction of sp³-hybridized carbons (Fsp3) is 0.857. The highest BCUT2D eigenvalue weighted by atomic mass is 32.2. The Kier molecular flexibility index (Phi) is 3.06. The van der Waals surface area contributed by atoms with Gasteiger partial charge in [-0.15, -0.1) is 0 Å². The molecule has 0 bridgehead atoms. The van der Waals surface area contributed by atoms with Gasteiger partial charge in [0.15, 0.2) is 0 Å². The Balaban J connectivity index is 1.89. The standard InChI is InChI=1S/C7H12O2S/c8-7(9)3-1-2-6-4-10-5-6/h6H,1-5H2,(H,8,9). The van der Waals surface area contributed by atoms with Crippen LogP contribution in [0.4, 0.5) is 0 Å². The summed E-state index contributed by atoms with van der Waals surface area (Å²) in [5, 5.41) is 8.31. The van der Waals surface area contributed by atoms with Crippen LogP contribution in [-0.2, 0) is 4.79 Å². The lowest BCUT2D eigenvalue weighted by atomic mass is 10.1. The smallest absolute Gasteiger partial charge is 0.303 e. The first-order valence-electron chi connectivity index (χ1n) is 3.58. The molecular weight excluding hydrogens is 148 g/mol. The largest absolute Gasteiger partial charge is 0.481 e. The fourth-order valence-corrected chi connectivity index (χ4v) is 1.90. The van der Waals surface area contributed by atoms with Crippen LogP contribution in [0.15, 0.2) is 0 Å². The van der Waals surface area contributed by atoms with Gasteiger partial charge in [0, 0.05) is 6.42 Å². The zero-order chi connectivity index (χ0) is 7.40. The molecule has 0 atom stereocenters. The average Bonchev–Trinajstić information content (AvgIpc) is 1.75. The molecule has 0 amide bonds. The molecule has 0 aromatic carbocycles. The molecule has 0 aliphatic carbocycles. The number of hydrogen-bond donors (Lipinski definition) is 1. The summed E-state index contributed by atoms with van der Waals surface area (Å²) < 4.78 is 0. The summed E-state index contributed by atoms with van der Waals surface area (Å²) in [6.07, 6.45) is 2.32. The van der Waals surface area contributed by atoms with Crippen molar-refractivity contribution in [2.24, 2.45) is 5.92 Å². The molecule has 0 radical (unpaired) electrons. The minimum absolute atomic E-state index is 0.348. The van der Waals surface area contributed by atoms with Gasteiger partial charge in [-0.2, -0.15) is 11.8 Å². The fourth-order valence-electron chi connectivity index (χ4n) is 0.993. The predicted molar refractivity (Wildman–Crippen MR) is 42.3 cm³/mol. The Morgan fingerprint density at radius 2 is 2.30 bits per heavy atom. The van der Waals surface area contributed by atoms with E-state index in [1.165, 1.54) is 11.5 Å². The van der Waals surface area contributed by atoms with Gasteiger partial charge < -0.3 is 5.11 Å². The zero-order valence-corrected chi connectivity index (χ0v) is 6.69. The maximum atomic E-state index is 10.1. The normalized spacial score (nSPS) is 18.4. The van der Waals surface area contributed by atoms with Gasteiger partial charge in [0.1, 0.15) is 0 Å². The molecule has 0 unspecified atom stereocenters. The number of rotatable bonds is 4. The molecule has 1 aliphatic rings. The predicted octanol–water partition coefficient (Wildman–Crippen LogP) is 1.60. The van der Waals surface area contributed by atoms with Gasteiger partial charge in [-0.05, 0) is 30.3 Å². The number of thioether (sulfide) groups is 1. The average molecular weight is 160 g/mol. The number of carboxylic acids is 1. The first-order valence-corrected chi connectivity index (χ1v) is 4.74. The molecule has 0 spiro atoms. The Morgan fingerprint density at radius 1 is 1.60 bits per heavy atom. The number of carboxylic acid groups (broad SMARTS) is 1. The van der Waals surface area contributed by atoms with Crippen molar-refractivity contribution in [3.63, 3.8) is 0 Å². The number of carbonyl (C=O) groups is 1. The van der Waals surface area contributed by atoms with Gasteiger partial charge in [-0.1, -0.05) is 0 Å². The van der Waals surface area contributed by atoms with Crippen molar-refractivity contribution in [1.82, 2.24) is 0 Å². The van der Waals surface area contributed by atoms with E-state index in [0.717, 1.165) is 18.8 Å². The molecule has 1 fully saturated rings. The van der Waals surface area contributed by atoms with Crippen molar-refractivity contribution < 1.29 is 9.90 Å². The lowest BCUT2D eigenvalue weighted by molar-refractivity contribution is -0.137. The van der Waals surface area contributed by atoms with Crippen molar-refractivity contribution in [3.05, 3.63) is 0 Å². The van der Waals surface area contributed by atoms with Crippen molar-refractivity contribution in [3.8, 4) is 0 Å². The molecule has 0 aromatic heterocycles. The highest BCUT2D eigenvalue weighted by molar-refractivity contribution is 8.00. The summed E-state index contributed by atoms with van der Waals surface area (Å²) >= 11 is 1.96. The quantitative estimate of drug-likeness (QED) is 0.678. The Bertz CT molecular complexity index is 121. The van der Waals surface area contributed by atoms with Gasteiger partial charge in [0.25, 0.3) is 0 Å². The van der Waals surface area contributed by atoms with E-state index in [9.17, 15) is 4.79 Å². The zero-order valence-electron chi connectivity index (χ0n) is 5.88. The van der Waals surface area contributed by atoms with E-state index < -0.39 is 5.97 Å². The minimum Gasteiger partial charge on any atom is -0.481 e. The van der Waals surface area contributed by atoms with Crippen LogP contribution in [-0.4, -0.2) is 22.6 Å². The third kappa shape index (κ3) is 2.60. The van der Waals surface area contributed by atoms with Crippen LogP contribution < -0.4 is 0 Å². The molecule has 0 saturated carbocycles. The van der Waals surface area contributed by atoms with Crippen molar-refractivity contribution >= 4 is 17.7 Å². The summed E-state index contributed by atoms with van der Waals surface area (Å²) in [6.45, 7) is 0. The first-order chi connectivity index (χ1) is 4.79. The summed E-state index contributed by atoms with van der Waals surface area (Å²) in [5.74, 6) is 2.66. The van der Waals surface area contributed by atoms with E-state index in [1.54, 1.807) is 0 Å². The molecule has 1 rings (SSSR count). The van der Waals surface area contributed by atoms with E-state index in [4.69, 9.17) is 5.11 Å². The monoisotopic (exact) mass is 160 g/mol. The van der Waals surface area contributed by atoms with E-state index in [-0.39, 0.29) is 0 Å². The van der Waals surface area contributed by atoms with Crippen LogP contribution in [0.2, 0.25) is 0 Å². The highest BCUT2D eigenvalue weighted by Crippen LogP contribution is 2.28. The SMILES string of the molecule is O=C(O)CCCC1CSC1. The molecule has 10 heavy (non-hydrogen) atoms. The Morgan fingerprint density at radius 3 is 2.70 bits per heavy atom. The van der Waals surface area contributed by atoms with Crippen LogP contribution in [0.25, 0.3) is 0 Å². The van der Waals surface area contributed by atoms with Gasteiger partial charge in [0.2, 0.25) is 0 Å². The second-order valence-corrected chi connectivity index (χ2v) is 3.76. The molecule has 0 aromatic rings. The Labute approximate surface area is 65.0 Å². The van der Waals surface area contributed by atoms with E-state index >= 15 is 0 Å². The highest BCUT2D eigenvalue weighted by Gasteiger charge is 2.17. The van der Waals surface area contributed by atoms with Gasteiger partial charge >= 0.3 is 5.97 Å². The molecule has 3 heteroatoms. The third-order valence-electron chi connectivity index (χ3n) is 1.71. The second-order valence-electron chi connectivity index (χ2n) is 2.69. The first kappa shape index (κ1) is 7.92. The van der Waals surface area contributed by atoms with Crippen LogP contribution in [0.5, 0.6) is 0 Å². The summed E-state index contributed by atoms with van der Waals surface area (Å²) in [4.78, 5) is 10.1. The molecule has 1 saturated heterocycles. The summed E-state index contributed by atoms with van der Waals surface area (Å²) in [5.41, 5.74) is 0. The minimum atomic E-state index is -0.660. The van der Waals surface area contributed by atoms with Gasteiger partial charge in [0.05, 0.1) is 0 Å². The van der Waals surface area contributed by atoms with Crippen LogP contribution >= 0.6 is 11.8 Å². The van der Waals surface area contributed by atoms with E-state index in [1.807, 2.05) is 11.8 Å². The van der Waals surface area contributed by atoms with E-state index in [2.05, 4.69) is 0 Å². The third-order valence-corrected chi connectivity index (χ3v) is 3.12. The molecule has 2 nitrogen and oxygen atoms in total. The van der Waals surface area contributed by atoms with Crippen LogP contribution in [0.3, 0.4) is 0 Å². The summed E-state index contributed by atoms with van der Waals surface area (Å²) in [6, 6.07) is 0. The van der Waals surface area contributed by atoms with Crippen LogP contribution in [0, 0.1) is 5.92 Å². The maximum Gasteiger partial charge on any atom is 0.303 e. The molecule has 1 N–H and O–H groups in total. The molecular formula is C7H12O2S.